The van der Waals surface area contributed by atoms with Crippen LogP contribution >= 0.6 is 0 Å². The van der Waals surface area contributed by atoms with Crippen LogP contribution in [0.5, 0.6) is 0 Å². The zero-order chi connectivity index (χ0) is 15.1. The molecule has 1 aliphatic rings. The third-order valence-corrected chi connectivity index (χ3v) is 4.30. The van der Waals surface area contributed by atoms with E-state index in [9.17, 15) is 4.39 Å². The first kappa shape index (κ1) is 15.8. The van der Waals surface area contributed by atoms with E-state index in [1.165, 1.54) is 44.2 Å². The molecule has 0 unspecified atom stereocenters. The first-order chi connectivity index (χ1) is 10.2. The fourth-order valence-corrected chi connectivity index (χ4v) is 3.02. The topological polar surface area (TPSA) is 39.1 Å². The molecule has 0 amide bonds. The fraction of sp³-hybridized carbons (Fsp3) is 0.588. The van der Waals surface area contributed by atoms with Gasteiger partial charge in [0.1, 0.15) is 11.9 Å². The zero-order valence-electron chi connectivity index (χ0n) is 12.7. The number of nitrogens with zero attached hydrogens (tertiary/aromatic N) is 2. The highest BCUT2D eigenvalue weighted by Gasteiger charge is 2.17. The van der Waals surface area contributed by atoms with Crippen molar-refractivity contribution >= 4 is 5.69 Å². The minimum atomic E-state index is -0.367. The molecule has 0 saturated heterocycles. The quantitative estimate of drug-likeness (QED) is 0.810. The Hall–Kier alpha value is -1.60. The van der Waals surface area contributed by atoms with Gasteiger partial charge in [0, 0.05) is 12.6 Å². The summed E-state index contributed by atoms with van der Waals surface area (Å²) in [6, 6.07) is 7.06. The van der Waals surface area contributed by atoms with E-state index in [1.807, 2.05) is 6.07 Å². The Balaban J connectivity index is 1.73. The molecular formula is C17H24FN3. The van der Waals surface area contributed by atoms with E-state index < -0.39 is 0 Å². The van der Waals surface area contributed by atoms with Gasteiger partial charge in [-0.25, -0.2) is 4.39 Å². The van der Waals surface area contributed by atoms with Crippen molar-refractivity contribution in [3.8, 4) is 6.07 Å². The normalized spacial score (nSPS) is 15.9. The molecule has 0 spiro atoms. The number of halogens is 1. The van der Waals surface area contributed by atoms with Crippen LogP contribution in [0.1, 0.15) is 44.1 Å². The van der Waals surface area contributed by atoms with Gasteiger partial charge in [0.25, 0.3) is 0 Å². The van der Waals surface area contributed by atoms with Crippen LogP contribution in [0, 0.1) is 17.1 Å². The molecule has 3 nitrogen and oxygen atoms in total. The monoisotopic (exact) mass is 289 g/mol. The van der Waals surface area contributed by atoms with Crippen LogP contribution in [0.2, 0.25) is 0 Å². The summed E-state index contributed by atoms with van der Waals surface area (Å²) in [4.78, 5) is 2.46. The second-order valence-electron chi connectivity index (χ2n) is 5.85. The fourth-order valence-electron chi connectivity index (χ4n) is 3.02. The SMILES string of the molecule is CN(CCCNc1ccc(F)cc1C#N)C1CCCCC1. The zero-order valence-corrected chi connectivity index (χ0v) is 12.7. The predicted octanol–water partition coefficient (Wildman–Crippen LogP) is 3.76. The molecule has 1 aromatic rings. The van der Waals surface area contributed by atoms with Crippen LogP contribution in [0.3, 0.4) is 0 Å². The molecule has 0 atom stereocenters. The highest BCUT2D eigenvalue weighted by Crippen LogP contribution is 2.21. The standard InChI is InChI=1S/C17H24FN3/c1-21(16-6-3-2-4-7-16)11-5-10-20-17-9-8-15(18)12-14(17)13-19/h8-9,12,16,20H,2-7,10-11H2,1H3. The van der Waals surface area contributed by atoms with Crippen LogP contribution in [0.25, 0.3) is 0 Å². The van der Waals surface area contributed by atoms with Gasteiger partial charge in [0.15, 0.2) is 0 Å². The van der Waals surface area contributed by atoms with Crippen LogP contribution in [-0.2, 0) is 0 Å². The summed E-state index contributed by atoms with van der Waals surface area (Å²) in [7, 11) is 2.20. The maximum absolute atomic E-state index is 13.0. The highest BCUT2D eigenvalue weighted by molar-refractivity contribution is 5.57. The lowest BCUT2D eigenvalue weighted by Crippen LogP contribution is -2.34. The second kappa shape index (κ2) is 7.99. The van der Waals surface area contributed by atoms with Gasteiger partial charge in [-0.05, 0) is 51.1 Å². The van der Waals surface area contributed by atoms with Crippen LogP contribution in [-0.4, -0.2) is 31.1 Å². The molecule has 1 fully saturated rings. The number of nitrogens with one attached hydrogen (secondary N) is 1. The van der Waals surface area contributed by atoms with Gasteiger partial charge in [-0.3, -0.25) is 0 Å². The smallest absolute Gasteiger partial charge is 0.124 e. The van der Waals surface area contributed by atoms with Gasteiger partial charge in [0.05, 0.1) is 11.3 Å². The van der Waals surface area contributed by atoms with Crippen LogP contribution < -0.4 is 5.32 Å². The maximum Gasteiger partial charge on any atom is 0.124 e. The Kier molecular flexibility index (Phi) is 6.01. The van der Waals surface area contributed by atoms with Gasteiger partial charge in [0.2, 0.25) is 0 Å². The van der Waals surface area contributed by atoms with Crippen molar-refractivity contribution in [2.75, 3.05) is 25.5 Å². The Morgan fingerprint density at radius 3 is 2.81 bits per heavy atom. The van der Waals surface area contributed by atoms with Crippen molar-refractivity contribution in [3.05, 3.63) is 29.6 Å². The van der Waals surface area contributed by atoms with Crippen LogP contribution in [0.15, 0.2) is 18.2 Å². The highest BCUT2D eigenvalue weighted by atomic mass is 19.1. The first-order valence-electron chi connectivity index (χ1n) is 7.84. The predicted molar refractivity (Wildman–Crippen MR) is 83.7 cm³/mol. The van der Waals surface area contributed by atoms with Crippen molar-refractivity contribution in [1.82, 2.24) is 4.90 Å². The van der Waals surface area contributed by atoms with Crippen molar-refractivity contribution < 1.29 is 4.39 Å². The molecule has 1 saturated carbocycles. The Morgan fingerprint density at radius 1 is 1.33 bits per heavy atom. The number of benzene rings is 1. The molecule has 1 aromatic carbocycles. The largest absolute Gasteiger partial charge is 0.384 e. The van der Waals surface area contributed by atoms with Gasteiger partial charge >= 0.3 is 0 Å². The van der Waals surface area contributed by atoms with E-state index in [0.717, 1.165) is 31.2 Å². The molecule has 2 rings (SSSR count). The number of rotatable bonds is 6. The average molecular weight is 289 g/mol. The number of hydrogen-bond acceptors (Lipinski definition) is 3. The van der Waals surface area contributed by atoms with Crippen molar-refractivity contribution in [2.24, 2.45) is 0 Å². The van der Waals surface area contributed by atoms with E-state index in [2.05, 4.69) is 17.3 Å². The Bertz CT molecular complexity index is 489. The summed E-state index contributed by atoms with van der Waals surface area (Å²) in [5.41, 5.74) is 1.09. The number of anilines is 1. The Labute approximate surface area is 126 Å². The summed E-state index contributed by atoms with van der Waals surface area (Å²) in [5.74, 6) is -0.367. The van der Waals surface area contributed by atoms with E-state index >= 15 is 0 Å². The van der Waals surface area contributed by atoms with Gasteiger partial charge in [-0.2, -0.15) is 5.26 Å². The number of hydrogen-bond donors (Lipinski definition) is 1. The first-order valence-corrected chi connectivity index (χ1v) is 7.84. The van der Waals surface area contributed by atoms with Crippen molar-refractivity contribution in [1.29, 1.82) is 5.26 Å². The molecule has 0 aromatic heterocycles. The Morgan fingerprint density at radius 2 is 2.10 bits per heavy atom. The molecular weight excluding hydrogens is 265 g/mol. The summed E-state index contributed by atoms with van der Waals surface area (Å²) >= 11 is 0. The second-order valence-corrected chi connectivity index (χ2v) is 5.85. The van der Waals surface area contributed by atoms with E-state index in [-0.39, 0.29) is 5.82 Å². The molecule has 0 heterocycles. The molecule has 0 bridgehead atoms. The summed E-state index contributed by atoms with van der Waals surface area (Å²) < 4.78 is 13.0. The molecule has 1 aliphatic carbocycles. The summed E-state index contributed by atoms with van der Waals surface area (Å²) in [6.45, 7) is 1.86. The van der Waals surface area contributed by atoms with E-state index in [1.54, 1.807) is 6.07 Å². The molecule has 114 valence electrons. The summed E-state index contributed by atoms with van der Waals surface area (Å²) in [6.07, 6.45) is 7.76. The van der Waals surface area contributed by atoms with E-state index in [4.69, 9.17) is 5.26 Å². The maximum atomic E-state index is 13.0. The number of nitriles is 1. The van der Waals surface area contributed by atoms with Crippen molar-refractivity contribution in [3.63, 3.8) is 0 Å². The minimum Gasteiger partial charge on any atom is -0.384 e. The van der Waals surface area contributed by atoms with Crippen LogP contribution in [0.4, 0.5) is 10.1 Å². The third-order valence-electron chi connectivity index (χ3n) is 4.30. The minimum absolute atomic E-state index is 0.367. The lowest BCUT2D eigenvalue weighted by molar-refractivity contribution is 0.191. The molecule has 0 radical (unpaired) electrons. The third kappa shape index (κ3) is 4.71. The summed E-state index contributed by atoms with van der Waals surface area (Å²) in [5, 5.41) is 12.2. The molecule has 21 heavy (non-hydrogen) atoms. The lowest BCUT2D eigenvalue weighted by Gasteiger charge is -2.31. The molecule has 1 N–H and O–H groups in total. The average Bonchev–Trinajstić information content (AvgIpc) is 2.53. The lowest BCUT2D eigenvalue weighted by atomic mass is 9.94. The molecule has 4 heteroatoms. The van der Waals surface area contributed by atoms with Gasteiger partial charge in [-0.15, -0.1) is 0 Å². The van der Waals surface area contributed by atoms with E-state index in [0.29, 0.717) is 5.56 Å². The van der Waals surface area contributed by atoms with Crippen molar-refractivity contribution in [2.45, 2.75) is 44.6 Å². The van der Waals surface area contributed by atoms with Gasteiger partial charge in [-0.1, -0.05) is 19.3 Å². The molecule has 0 aliphatic heterocycles. The van der Waals surface area contributed by atoms with Gasteiger partial charge < -0.3 is 10.2 Å².